The Balaban J connectivity index is 1.88. The molecule has 122 valence electrons. The van der Waals surface area contributed by atoms with Crippen molar-refractivity contribution in [1.82, 2.24) is 0 Å². The molecule has 0 aromatic heterocycles. The van der Waals surface area contributed by atoms with Gasteiger partial charge in [-0.3, -0.25) is 4.79 Å². The maximum atomic E-state index is 12.2. The number of ether oxygens (including phenoxy) is 1. The lowest BCUT2D eigenvalue weighted by atomic mass is 10.2. The molecule has 0 saturated heterocycles. The molecule has 0 spiro atoms. The van der Waals surface area contributed by atoms with Crippen molar-refractivity contribution in [2.45, 2.75) is 13.5 Å². The highest BCUT2D eigenvalue weighted by atomic mass is 35.5. The molecule has 0 radical (unpaired) electrons. The predicted octanol–water partition coefficient (Wildman–Crippen LogP) is 2.31. The standard InChI is InChI=1S/C18H21ClN2O2/c1-13-10-15(19)6-9-17(13)20-18(22)12-21(2)11-14-4-7-16(23-3)8-5-14/h4-10H,11-12H2,1-3H3,(H,20,22)/p+1. The van der Waals surface area contributed by atoms with Crippen molar-refractivity contribution in [2.24, 2.45) is 0 Å². The van der Waals surface area contributed by atoms with Crippen molar-refractivity contribution in [3.63, 3.8) is 0 Å². The summed E-state index contributed by atoms with van der Waals surface area (Å²) >= 11 is 5.92. The van der Waals surface area contributed by atoms with E-state index in [1.54, 1.807) is 13.2 Å². The molecule has 2 aromatic rings. The summed E-state index contributed by atoms with van der Waals surface area (Å²) in [7, 11) is 3.65. The number of nitrogens with one attached hydrogen (secondary N) is 2. The van der Waals surface area contributed by atoms with E-state index < -0.39 is 0 Å². The van der Waals surface area contributed by atoms with Crippen LogP contribution in [0.3, 0.4) is 0 Å². The first-order valence-corrected chi connectivity index (χ1v) is 7.86. The van der Waals surface area contributed by atoms with Crippen LogP contribution in [0.4, 0.5) is 5.69 Å². The number of carbonyl (C=O) groups excluding carboxylic acids is 1. The second-order valence-electron chi connectivity index (χ2n) is 5.67. The van der Waals surface area contributed by atoms with Crippen LogP contribution in [-0.2, 0) is 11.3 Å². The molecule has 0 heterocycles. The number of halogens is 1. The summed E-state index contributed by atoms with van der Waals surface area (Å²) in [5.74, 6) is 0.823. The van der Waals surface area contributed by atoms with E-state index in [2.05, 4.69) is 5.32 Å². The van der Waals surface area contributed by atoms with Gasteiger partial charge in [-0.2, -0.15) is 0 Å². The van der Waals surface area contributed by atoms with Gasteiger partial charge in [0.15, 0.2) is 6.54 Å². The zero-order valence-electron chi connectivity index (χ0n) is 13.7. The Bertz CT molecular complexity index is 671. The largest absolute Gasteiger partial charge is 0.497 e. The maximum Gasteiger partial charge on any atom is 0.279 e. The summed E-state index contributed by atoms with van der Waals surface area (Å²) in [6.45, 7) is 3.10. The summed E-state index contributed by atoms with van der Waals surface area (Å²) in [6, 6.07) is 13.3. The Morgan fingerprint density at radius 3 is 2.52 bits per heavy atom. The minimum Gasteiger partial charge on any atom is -0.497 e. The molecule has 23 heavy (non-hydrogen) atoms. The van der Waals surface area contributed by atoms with Gasteiger partial charge in [0.1, 0.15) is 12.3 Å². The Morgan fingerprint density at radius 1 is 1.22 bits per heavy atom. The number of rotatable bonds is 6. The number of carbonyl (C=O) groups is 1. The van der Waals surface area contributed by atoms with Crippen LogP contribution in [0, 0.1) is 6.92 Å². The van der Waals surface area contributed by atoms with Crippen molar-refractivity contribution >= 4 is 23.2 Å². The lowest BCUT2D eigenvalue weighted by molar-refractivity contribution is -0.885. The molecule has 0 aliphatic heterocycles. The lowest BCUT2D eigenvalue weighted by Crippen LogP contribution is -3.08. The van der Waals surface area contributed by atoms with E-state index in [9.17, 15) is 4.79 Å². The van der Waals surface area contributed by atoms with Crippen LogP contribution in [0.2, 0.25) is 5.02 Å². The first kappa shape index (κ1) is 17.3. The highest BCUT2D eigenvalue weighted by molar-refractivity contribution is 6.30. The van der Waals surface area contributed by atoms with E-state index in [4.69, 9.17) is 16.3 Å². The zero-order valence-corrected chi connectivity index (χ0v) is 14.4. The summed E-state index contributed by atoms with van der Waals surface area (Å²) in [4.78, 5) is 13.3. The van der Waals surface area contributed by atoms with Crippen molar-refractivity contribution in [1.29, 1.82) is 0 Å². The molecule has 0 saturated carbocycles. The quantitative estimate of drug-likeness (QED) is 0.852. The van der Waals surface area contributed by atoms with Gasteiger partial charge < -0.3 is 15.0 Å². The highest BCUT2D eigenvalue weighted by Crippen LogP contribution is 2.19. The molecule has 2 rings (SSSR count). The fourth-order valence-corrected chi connectivity index (χ4v) is 2.62. The van der Waals surface area contributed by atoms with Crippen LogP contribution >= 0.6 is 11.6 Å². The molecule has 1 amide bonds. The van der Waals surface area contributed by atoms with Gasteiger partial charge in [0, 0.05) is 16.3 Å². The molecule has 1 atom stereocenters. The van der Waals surface area contributed by atoms with Gasteiger partial charge in [0.25, 0.3) is 5.91 Å². The van der Waals surface area contributed by atoms with Gasteiger partial charge in [0.2, 0.25) is 0 Å². The van der Waals surface area contributed by atoms with E-state index in [0.717, 1.165) is 28.4 Å². The molecular weight excluding hydrogens is 312 g/mol. The number of anilines is 1. The third kappa shape index (κ3) is 5.27. The van der Waals surface area contributed by atoms with Crippen LogP contribution in [0.5, 0.6) is 5.75 Å². The fraction of sp³-hybridized carbons (Fsp3) is 0.278. The average Bonchev–Trinajstić information content (AvgIpc) is 2.50. The summed E-state index contributed by atoms with van der Waals surface area (Å²) in [6.07, 6.45) is 0. The topological polar surface area (TPSA) is 42.8 Å². The van der Waals surface area contributed by atoms with Gasteiger partial charge >= 0.3 is 0 Å². The van der Waals surface area contributed by atoms with Crippen LogP contribution in [0.25, 0.3) is 0 Å². The number of likely N-dealkylation sites (N-methyl/N-ethyl adjacent to an activating group) is 1. The average molecular weight is 334 g/mol. The maximum absolute atomic E-state index is 12.2. The minimum atomic E-state index is -0.0126. The number of aryl methyl sites for hydroxylation is 1. The van der Waals surface area contributed by atoms with Gasteiger partial charge in [-0.05, 0) is 55.0 Å². The summed E-state index contributed by atoms with van der Waals surface area (Å²) in [5, 5.41) is 3.60. The molecule has 1 unspecified atom stereocenters. The minimum absolute atomic E-state index is 0.0126. The van der Waals surface area contributed by atoms with Crippen molar-refractivity contribution in [2.75, 3.05) is 26.0 Å². The highest BCUT2D eigenvalue weighted by Gasteiger charge is 2.12. The first-order chi connectivity index (χ1) is 11.0. The Hall–Kier alpha value is -2.04. The SMILES string of the molecule is COc1ccc(C[NH+](C)CC(=O)Nc2ccc(Cl)cc2C)cc1. The van der Waals surface area contributed by atoms with E-state index in [-0.39, 0.29) is 5.91 Å². The van der Waals surface area contributed by atoms with E-state index >= 15 is 0 Å². The third-order valence-electron chi connectivity index (χ3n) is 3.59. The van der Waals surface area contributed by atoms with Gasteiger partial charge in [-0.1, -0.05) is 11.6 Å². The van der Waals surface area contributed by atoms with Crippen molar-refractivity contribution in [3.05, 3.63) is 58.6 Å². The number of hydrogen-bond donors (Lipinski definition) is 2. The summed E-state index contributed by atoms with van der Waals surface area (Å²) < 4.78 is 5.14. The number of quaternary nitrogens is 1. The zero-order chi connectivity index (χ0) is 16.8. The number of amides is 1. The van der Waals surface area contributed by atoms with Gasteiger partial charge in [-0.25, -0.2) is 0 Å². The fourth-order valence-electron chi connectivity index (χ4n) is 2.39. The molecule has 2 N–H and O–H groups in total. The number of methoxy groups -OCH3 is 1. The molecule has 2 aromatic carbocycles. The Morgan fingerprint density at radius 2 is 1.91 bits per heavy atom. The second kappa shape index (κ2) is 7.99. The summed E-state index contributed by atoms with van der Waals surface area (Å²) in [5.41, 5.74) is 2.93. The van der Waals surface area contributed by atoms with Crippen LogP contribution in [0.15, 0.2) is 42.5 Å². The molecule has 0 aliphatic carbocycles. The third-order valence-corrected chi connectivity index (χ3v) is 3.82. The van der Waals surface area contributed by atoms with Crippen LogP contribution in [0.1, 0.15) is 11.1 Å². The number of hydrogen-bond acceptors (Lipinski definition) is 2. The first-order valence-electron chi connectivity index (χ1n) is 7.48. The number of benzene rings is 2. The smallest absolute Gasteiger partial charge is 0.279 e. The lowest BCUT2D eigenvalue weighted by Gasteiger charge is -2.15. The normalized spacial score (nSPS) is 11.8. The van der Waals surface area contributed by atoms with Gasteiger partial charge in [-0.15, -0.1) is 0 Å². The Kier molecular flexibility index (Phi) is 6.02. The molecule has 4 nitrogen and oxygen atoms in total. The van der Waals surface area contributed by atoms with Crippen molar-refractivity contribution < 1.29 is 14.4 Å². The van der Waals surface area contributed by atoms with E-state index in [0.29, 0.717) is 11.6 Å². The Labute approximate surface area is 142 Å². The van der Waals surface area contributed by atoms with Crippen LogP contribution in [-0.4, -0.2) is 26.6 Å². The van der Waals surface area contributed by atoms with Gasteiger partial charge in [0.05, 0.1) is 14.2 Å². The molecular formula is C18H22ClN2O2+. The molecule has 0 bridgehead atoms. The molecule has 0 fully saturated rings. The molecule has 5 heteroatoms. The van der Waals surface area contributed by atoms with Crippen LogP contribution < -0.4 is 15.0 Å². The monoisotopic (exact) mass is 333 g/mol. The van der Waals surface area contributed by atoms with E-state index in [1.165, 1.54) is 5.56 Å². The second-order valence-corrected chi connectivity index (χ2v) is 6.10. The van der Waals surface area contributed by atoms with E-state index in [1.807, 2.05) is 50.4 Å². The predicted molar refractivity (Wildman–Crippen MR) is 93.3 cm³/mol. The molecule has 0 aliphatic rings. The van der Waals surface area contributed by atoms with Crippen molar-refractivity contribution in [3.8, 4) is 5.75 Å².